The lowest BCUT2D eigenvalue weighted by Gasteiger charge is -2.19. The van der Waals surface area contributed by atoms with Crippen LogP contribution in [0.15, 0.2) is 122 Å². The molecule has 2 heteroatoms. The molecular formula is C37H32N2. The van der Waals surface area contributed by atoms with Gasteiger partial charge in [0, 0.05) is 28.9 Å². The second-order valence-corrected chi connectivity index (χ2v) is 11.2. The quantitative estimate of drug-likeness (QED) is 0.239. The molecule has 0 aliphatic heterocycles. The van der Waals surface area contributed by atoms with E-state index in [9.17, 15) is 0 Å². The minimum absolute atomic E-state index is 0.0706. The predicted molar refractivity (Wildman–Crippen MR) is 165 cm³/mol. The zero-order chi connectivity index (χ0) is 27.0. The van der Waals surface area contributed by atoms with Gasteiger partial charge in [0.2, 0.25) is 0 Å². The van der Waals surface area contributed by atoms with Gasteiger partial charge in [-0.1, -0.05) is 106 Å². The van der Waals surface area contributed by atoms with Crippen molar-refractivity contribution in [3.63, 3.8) is 0 Å². The monoisotopic (exact) mass is 504 g/mol. The van der Waals surface area contributed by atoms with E-state index in [4.69, 9.17) is 9.97 Å². The summed E-state index contributed by atoms with van der Waals surface area (Å²) in [6.07, 6.45) is 3.81. The van der Waals surface area contributed by atoms with Gasteiger partial charge < -0.3 is 0 Å². The van der Waals surface area contributed by atoms with Crippen LogP contribution in [0.4, 0.5) is 0 Å². The molecule has 4 aromatic carbocycles. The summed E-state index contributed by atoms with van der Waals surface area (Å²) in [5.74, 6) is 0. The van der Waals surface area contributed by atoms with Gasteiger partial charge in [-0.2, -0.15) is 0 Å². The summed E-state index contributed by atoms with van der Waals surface area (Å²) < 4.78 is 0. The summed E-state index contributed by atoms with van der Waals surface area (Å²) in [7, 11) is 0. The van der Waals surface area contributed by atoms with Crippen molar-refractivity contribution in [2.45, 2.75) is 33.1 Å². The second-order valence-electron chi connectivity index (χ2n) is 11.2. The summed E-state index contributed by atoms with van der Waals surface area (Å²) in [6, 6.07) is 38.9. The Morgan fingerprint density at radius 2 is 1.23 bits per heavy atom. The molecule has 0 saturated heterocycles. The maximum absolute atomic E-state index is 4.89. The lowest BCUT2D eigenvalue weighted by molar-refractivity contribution is 0.589. The third-order valence-electron chi connectivity index (χ3n) is 7.57. The van der Waals surface area contributed by atoms with E-state index in [2.05, 4.69) is 131 Å². The van der Waals surface area contributed by atoms with Gasteiger partial charge in [0.15, 0.2) is 0 Å². The van der Waals surface area contributed by atoms with Crippen molar-refractivity contribution in [3.8, 4) is 44.6 Å². The molecule has 0 saturated carbocycles. The van der Waals surface area contributed by atoms with Crippen LogP contribution < -0.4 is 0 Å². The third-order valence-corrected chi connectivity index (χ3v) is 7.57. The highest BCUT2D eigenvalue weighted by Crippen LogP contribution is 2.39. The van der Waals surface area contributed by atoms with Gasteiger partial charge in [0.1, 0.15) is 0 Å². The first-order valence-corrected chi connectivity index (χ1v) is 13.5. The third kappa shape index (κ3) is 4.75. The molecule has 6 aromatic rings. The van der Waals surface area contributed by atoms with Crippen molar-refractivity contribution in [1.82, 2.24) is 9.97 Å². The Morgan fingerprint density at radius 1 is 0.513 bits per heavy atom. The van der Waals surface area contributed by atoms with Crippen LogP contribution in [0.3, 0.4) is 0 Å². The number of nitrogens with zero attached hydrogens (tertiary/aromatic N) is 2. The summed E-state index contributed by atoms with van der Waals surface area (Å²) in [6.45, 7) is 8.92. The van der Waals surface area contributed by atoms with E-state index in [0.717, 1.165) is 33.3 Å². The number of aromatic nitrogens is 2. The first-order chi connectivity index (χ1) is 18.9. The van der Waals surface area contributed by atoms with Crippen LogP contribution >= 0.6 is 0 Å². The standard InChI is InChI=1S/C37H32N2/c1-25-30(26-11-6-5-7-12-26)15-9-16-31(25)33-19-18-32(36-34(33)17-10-21-39-36)27-13-8-14-28(23-27)35-24-29(20-22-38-35)37(2,3)4/h5-24H,1-4H3. The molecule has 0 N–H and O–H groups in total. The normalized spacial score (nSPS) is 11.6. The molecule has 0 unspecified atom stereocenters. The summed E-state index contributed by atoms with van der Waals surface area (Å²) >= 11 is 0. The molecule has 0 spiro atoms. The number of fused-ring (bicyclic) bond motifs is 1. The largest absolute Gasteiger partial charge is 0.256 e. The average Bonchev–Trinajstić information content (AvgIpc) is 2.97. The topological polar surface area (TPSA) is 25.8 Å². The Hall–Kier alpha value is -4.56. The number of pyridine rings is 2. The summed E-state index contributed by atoms with van der Waals surface area (Å²) in [5, 5.41) is 1.15. The maximum atomic E-state index is 4.89. The minimum Gasteiger partial charge on any atom is -0.256 e. The first kappa shape index (κ1) is 24.8. The van der Waals surface area contributed by atoms with Gasteiger partial charge in [-0.25, -0.2) is 0 Å². The van der Waals surface area contributed by atoms with Gasteiger partial charge in [-0.3, -0.25) is 9.97 Å². The molecule has 0 fully saturated rings. The highest BCUT2D eigenvalue weighted by Gasteiger charge is 2.16. The highest BCUT2D eigenvalue weighted by molar-refractivity contribution is 6.03. The molecule has 2 aromatic heterocycles. The molecule has 0 amide bonds. The number of hydrogen-bond donors (Lipinski definition) is 0. The smallest absolute Gasteiger partial charge is 0.0786 e. The second kappa shape index (κ2) is 9.96. The zero-order valence-corrected chi connectivity index (χ0v) is 22.9. The van der Waals surface area contributed by atoms with Crippen LogP contribution in [0.25, 0.3) is 55.5 Å². The number of hydrogen-bond acceptors (Lipinski definition) is 2. The fourth-order valence-corrected chi connectivity index (χ4v) is 5.40. The summed E-state index contributed by atoms with van der Waals surface area (Å²) in [4.78, 5) is 9.59. The molecular weight excluding hydrogens is 472 g/mol. The Balaban J connectivity index is 1.47. The van der Waals surface area contributed by atoms with Gasteiger partial charge >= 0.3 is 0 Å². The van der Waals surface area contributed by atoms with E-state index in [0.29, 0.717) is 0 Å². The van der Waals surface area contributed by atoms with E-state index in [1.54, 1.807) is 0 Å². The Bertz CT molecular complexity index is 1790. The number of benzene rings is 4. The molecule has 0 aliphatic rings. The van der Waals surface area contributed by atoms with Crippen LogP contribution in [0.1, 0.15) is 31.9 Å². The zero-order valence-electron chi connectivity index (χ0n) is 22.9. The van der Waals surface area contributed by atoms with Crippen LogP contribution in [0.5, 0.6) is 0 Å². The van der Waals surface area contributed by atoms with Crippen molar-refractivity contribution in [2.75, 3.05) is 0 Å². The molecule has 0 aliphatic carbocycles. The Morgan fingerprint density at radius 3 is 2.05 bits per heavy atom. The van der Waals surface area contributed by atoms with Crippen LogP contribution in [-0.4, -0.2) is 9.97 Å². The average molecular weight is 505 g/mol. The van der Waals surface area contributed by atoms with Crippen molar-refractivity contribution in [2.24, 2.45) is 0 Å². The lowest BCUT2D eigenvalue weighted by atomic mass is 9.86. The van der Waals surface area contributed by atoms with Crippen LogP contribution in [0, 0.1) is 6.92 Å². The van der Waals surface area contributed by atoms with E-state index in [-0.39, 0.29) is 5.41 Å². The molecule has 39 heavy (non-hydrogen) atoms. The molecule has 6 rings (SSSR count). The molecule has 0 radical (unpaired) electrons. The molecule has 2 nitrogen and oxygen atoms in total. The van der Waals surface area contributed by atoms with Crippen molar-refractivity contribution < 1.29 is 0 Å². The van der Waals surface area contributed by atoms with Gasteiger partial charge in [-0.05, 0) is 75.5 Å². The van der Waals surface area contributed by atoms with Crippen LogP contribution in [0.2, 0.25) is 0 Å². The van der Waals surface area contributed by atoms with E-state index < -0.39 is 0 Å². The SMILES string of the molecule is Cc1c(-c2ccccc2)cccc1-c1ccc(-c2cccc(-c3cc(C(C)(C)C)ccn3)c2)c2ncccc12. The minimum atomic E-state index is 0.0706. The number of rotatable bonds is 4. The lowest BCUT2D eigenvalue weighted by Crippen LogP contribution is -2.11. The van der Waals surface area contributed by atoms with Gasteiger partial charge in [-0.15, -0.1) is 0 Å². The van der Waals surface area contributed by atoms with Crippen molar-refractivity contribution >= 4 is 10.9 Å². The van der Waals surface area contributed by atoms with E-state index >= 15 is 0 Å². The Labute approximate surface area is 231 Å². The molecule has 2 heterocycles. The maximum Gasteiger partial charge on any atom is 0.0786 e. The van der Waals surface area contributed by atoms with Gasteiger partial charge in [0.05, 0.1) is 11.2 Å². The fraction of sp³-hybridized carbons (Fsp3) is 0.135. The van der Waals surface area contributed by atoms with Gasteiger partial charge in [0.25, 0.3) is 0 Å². The molecule has 0 atom stereocenters. The van der Waals surface area contributed by atoms with Crippen molar-refractivity contribution in [3.05, 3.63) is 133 Å². The molecule has 0 bridgehead atoms. The summed E-state index contributed by atoms with van der Waals surface area (Å²) in [5.41, 5.74) is 12.9. The van der Waals surface area contributed by atoms with E-state index in [1.165, 1.54) is 33.4 Å². The first-order valence-electron chi connectivity index (χ1n) is 13.5. The van der Waals surface area contributed by atoms with Crippen molar-refractivity contribution in [1.29, 1.82) is 0 Å². The van der Waals surface area contributed by atoms with Crippen LogP contribution in [-0.2, 0) is 5.41 Å². The Kier molecular flexibility index (Phi) is 6.32. The fourth-order valence-electron chi connectivity index (χ4n) is 5.40. The molecule has 190 valence electrons. The van der Waals surface area contributed by atoms with E-state index in [1.807, 2.05) is 18.5 Å². The highest BCUT2D eigenvalue weighted by atomic mass is 14.7. The predicted octanol–water partition coefficient (Wildman–Crippen LogP) is 9.90.